The van der Waals surface area contributed by atoms with Crippen molar-refractivity contribution in [2.45, 2.75) is 32.2 Å². The molecule has 1 aromatic rings. The Balaban J connectivity index is 1.63. The molecule has 22 heavy (non-hydrogen) atoms. The average Bonchev–Trinajstić information content (AvgIpc) is 2.99. The third kappa shape index (κ3) is 2.16. The Morgan fingerprint density at radius 1 is 1.32 bits per heavy atom. The maximum Gasteiger partial charge on any atom is 0.0574 e. The third-order valence-corrected chi connectivity index (χ3v) is 5.32. The third-order valence-electron chi connectivity index (χ3n) is 5.32. The quantitative estimate of drug-likeness (QED) is 0.830. The van der Waals surface area contributed by atoms with Crippen LogP contribution in [0.4, 0.5) is 0 Å². The lowest BCUT2D eigenvalue weighted by Crippen LogP contribution is -2.31. The summed E-state index contributed by atoms with van der Waals surface area (Å²) in [5.74, 6) is 1.30. The van der Waals surface area contributed by atoms with Gasteiger partial charge in [0.15, 0.2) is 0 Å². The van der Waals surface area contributed by atoms with Crippen LogP contribution in [0, 0.1) is 11.8 Å². The predicted molar refractivity (Wildman–Crippen MR) is 94.2 cm³/mol. The molecule has 1 nitrogen and oxygen atoms in total. The second-order valence-electron chi connectivity index (χ2n) is 6.79. The molecule has 0 fully saturated rings. The fraction of sp³-hybridized carbons (Fsp3) is 0.333. The van der Waals surface area contributed by atoms with Crippen molar-refractivity contribution >= 4 is 11.6 Å². The van der Waals surface area contributed by atoms with Gasteiger partial charge < -0.3 is 5.32 Å². The van der Waals surface area contributed by atoms with E-state index in [1.807, 2.05) is 6.08 Å². The lowest BCUT2D eigenvalue weighted by Gasteiger charge is -2.30. The van der Waals surface area contributed by atoms with E-state index in [1.54, 1.807) is 0 Å². The highest BCUT2D eigenvalue weighted by molar-refractivity contribution is 5.76. The second kappa shape index (κ2) is 5.31. The van der Waals surface area contributed by atoms with E-state index < -0.39 is 0 Å². The van der Waals surface area contributed by atoms with Crippen LogP contribution in [0.2, 0.25) is 0 Å². The first-order valence-corrected chi connectivity index (χ1v) is 8.36. The minimum atomic E-state index is 0.464. The van der Waals surface area contributed by atoms with Crippen LogP contribution in [0.25, 0.3) is 11.6 Å². The van der Waals surface area contributed by atoms with Crippen molar-refractivity contribution in [2.24, 2.45) is 11.8 Å². The number of nitrogens with one attached hydrogen (secondary N) is 1. The van der Waals surface area contributed by atoms with Crippen molar-refractivity contribution in [1.29, 1.82) is 0 Å². The normalized spacial score (nSPS) is 29.0. The van der Waals surface area contributed by atoms with E-state index in [0.717, 1.165) is 0 Å². The molecule has 112 valence electrons. The molecule has 1 heterocycles. The van der Waals surface area contributed by atoms with Crippen molar-refractivity contribution in [3.63, 3.8) is 0 Å². The van der Waals surface area contributed by atoms with Crippen LogP contribution < -0.4 is 5.32 Å². The highest BCUT2D eigenvalue weighted by atomic mass is 14.9. The molecule has 1 aliphatic heterocycles. The Bertz CT molecular complexity index is 705. The number of fused-ring (bicyclic) bond motifs is 3. The molecule has 0 saturated carbocycles. The van der Waals surface area contributed by atoms with Gasteiger partial charge in [-0.05, 0) is 53.0 Å². The molecule has 2 aliphatic carbocycles. The van der Waals surface area contributed by atoms with E-state index in [1.165, 1.54) is 47.1 Å². The molecule has 0 spiro atoms. The van der Waals surface area contributed by atoms with E-state index in [0.29, 0.717) is 17.9 Å². The van der Waals surface area contributed by atoms with Gasteiger partial charge in [0.2, 0.25) is 0 Å². The van der Waals surface area contributed by atoms with E-state index >= 15 is 0 Å². The van der Waals surface area contributed by atoms with Crippen LogP contribution in [0.3, 0.4) is 0 Å². The molecule has 0 amide bonds. The summed E-state index contributed by atoms with van der Waals surface area (Å²) in [5.41, 5.74) is 7.11. The van der Waals surface area contributed by atoms with Gasteiger partial charge in [0, 0.05) is 12.1 Å². The first kappa shape index (κ1) is 13.6. The van der Waals surface area contributed by atoms with Crippen LogP contribution in [-0.4, -0.2) is 6.04 Å². The van der Waals surface area contributed by atoms with E-state index in [-0.39, 0.29) is 0 Å². The number of benzene rings is 1. The van der Waals surface area contributed by atoms with Gasteiger partial charge in [-0.3, -0.25) is 0 Å². The lowest BCUT2D eigenvalue weighted by atomic mass is 9.75. The Labute approximate surface area is 133 Å². The van der Waals surface area contributed by atoms with Crippen LogP contribution in [0.5, 0.6) is 0 Å². The summed E-state index contributed by atoms with van der Waals surface area (Å²) >= 11 is 0. The zero-order chi connectivity index (χ0) is 15.1. The van der Waals surface area contributed by atoms with Gasteiger partial charge in [0.25, 0.3) is 0 Å². The molecule has 0 saturated heterocycles. The van der Waals surface area contributed by atoms with E-state index in [2.05, 4.69) is 61.4 Å². The van der Waals surface area contributed by atoms with Crippen molar-refractivity contribution in [2.75, 3.05) is 0 Å². The van der Waals surface area contributed by atoms with Gasteiger partial charge in [0.1, 0.15) is 0 Å². The predicted octanol–water partition coefficient (Wildman–Crippen LogP) is 4.73. The van der Waals surface area contributed by atoms with Crippen molar-refractivity contribution in [3.05, 3.63) is 71.5 Å². The van der Waals surface area contributed by atoms with Gasteiger partial charge in [-0.1, -0.05) is 56.0 Å². The zero-order valence-electron chi connectivity index (χ0n) is 13.2. The molecule has 3 atom stereocenters. The molecule has 4 rings (SSSR count). The summed E-state index contributed by atoms with van der Waals surface area (Å²) in [7, 11) is 0. The fourth-order valence-corrected chi connectivity index (χ4v) is 4.03. The summed E-state index contributed by atoms with van der Waals surface area (Å²) in [6.07, 6.45) is 14.9. The Kier molecular flexibility index (Phi) is 3.29. The lowest BCUT2D eigenvalue weighted by molar-refractivity contribution is 0.505. The van der Waals surface area contributed by atoms with Crippen LogP contribution in [0.15, 0.2) is 54.8 Å². The Morgan fingerprint density at radius 3 is 3.00 bits per heavy atom. The first-order valence-electron chi connectivity index (χ1n) is 8.36. The van der Waals surface area contributed by atoms with Gasteiger partial charge in [0.05, 0.1) is 6.04 Å². The Morgan fingerprint density at radius 2 is 2.23 bits per heavy atom. The molecule has 0 bridgehead atoms. The SMILES string of the molecule is C=Cc1ccc2c(c1)CCC1C2=CNC1C1=CCC(C)C=C1. The molecule has 1 N–H and O–H groups in total. The van der Waals surface area contributed by atoms with Gasteiger partial charge >= 0.3 is 0 Å². The molecule has 3 unspecified atom stereocenters. The largest absolute Gasteiger partial charge is 0.383 e. The van der Waals surface area contributed by atoms with E-state index in [4.69, 9.17) is 0 Å². The van der Waals surface area contributed by atoms with Gasteiger partial charge in [-0.2, -0.15) is 0 Å². The summed E-state index contributed by atoms with van der Waals surface area (Å²) < 4.78 is 0. The summed E-state index contributed by atoms with van der Waals surface area (Å²) in [6, 6.07) is 7.23. The van der Waals surface area contributed by atoms with Crippen molar-refractivity contribution in [3.8, 4) is 0 Å². The summed E-state index contributed by atoms with van der Waals surface area (Å²) in [4.78, 5) is 0. The average molecular weight is 289 g/mol. The first-order chi connectivity index (χ1) is 10.8. The number of allylic oxidation sites excluding steroid dienone is 2. The number of rotatable bonds is 2. The smallest absolute Gasteiger partial charge is 0.0574 e. The van der Waals surface area contributed by atoms with Gasteiger partial charge in [-0.25, -0.2) is 0 Å². The second-order valence-corrected chi connectivity index (χ2v) is 6.79. The highest BCUT2D eigenvalue weighted by Gasteiger charge is 2.35. The van der Waals surface area contributed by atoms with Crippen LogP contribution in [-0.2, 0) is 6.42 Å². The fourth-order valence-electron chi connectivity index (χ4n) is 4.03. The highest BCUT2D eigenvalue weighted by Crippen LogP contribution is 2.42. The van der Waals surface area contributed by atoms with E-state index in [9.17, 15) is 0 Å². The van der Waals surface area contributed by atoms with Crippen LogP contribution in [0.1, 0.15) is 36.5 Å². The van der Waals surface area contributed by atoms with Crippen molar-refractivity contribution < 1.29 is 0 Å². The molecular weight excluding hydrogens is 266 g/mol. The summed E-state index contributed by atoms with van der Waals surface area (Å²) in [5, 5.41) is 3.65. The number of hydrogen-bond acceptors (Lipinski definition) is 1. The Hall–Kier alpha value is -2.02. The molecular formula is C21H23N. The molecule has 0 radical (unpaired) electrons. The standard InChI is InChI=1S/C21H23N/c1-3-15-6-10-18-17(12-15)9-11-19-20(18)13-22-21(19)16-7-4-14(2)5-8-16/h3-4,6-8,10,12-14,19,21-22H,1,5,9,11H2,2H3. The molecule has 1 aromatic carbocycles. The maximum absolute atomic E-state index is 3.88. The monoisotopic (exact) mass is 289 g/mol. The molecule has 3 aliphatic rings. The topological polar surface area (TPSA) is 12.0 Å². The van der Waals surface area contributed by atoms with Crippen molar-refractivity contribution in [1.82, 2.24) is 5.32 Å². The zero-order valence-corrected chi connectivity index (χ0v) is 13.2. The summed E-state index contributed by atoms with van der Waals surface area (Å²) in [6.45, 7) is 6.16. The molecule has 0 aromatic heterocycles. The van der Waals surface area contributed by atoms with Crippen LogP contribution >= 0.6 is 0 Å². The number of hydrogen-bond donors (Lipinski definition) is 1. The van der Waals surface area contributed by atoms with Gasteiger partial charge in [-0.15, -0.1) is 0 Å². The minimum absolute atomic E-state index is 0.464. The molecule has 1 heteroatoms. The minimum Gasteiger partial charge on any atom is -0.383 e. The maximum atomic E-state index is 3.88. The number of aryl methyl sites for hydroxylation is 1.